The lowest BCUT2D eigenvalue weighted by molar-refractivity contribution is -0.135. The maximum Gasteiger partial charge on any atom is 0.311 e. The molecule has 0 saturated carbocycles. The molecule has 1 N–H and O–H groups in total. The predicted octanol–water partition coefficient (Wildman–Crippen LogP) is 2.14. The van der Waals surface area contributed by atoms with Gasteiger partial charge in [0.2, 0.25) is 0 Å². The van der Waals surface area contributed by atoms with Gasteiger partial charge < -0.3 is 5.11 Å². The highest BCUT2D eigenvalue weighted by Crippen LogP contribution is 2.20. The molecule has 3 nitrogen and oxygen atoms in total. The molecule has 0 radical (unpaired) electrons. The van der Waals surface area contributed by atoms with Gasteiger partial charge in [0.15, 0.2) is 5.78 Å². The van der Waals surface area contributed by atoms with E-state index in [0.29, 0.717) is 0 Å². The number of ketones is 1. The summed E-state index contributed by atoms with van der Waals surface area (Å²) in [5, 5.41) is 8.01. The molecular formula is C9H6ClFO3. The lowest BCUT2D eigenvalue weighted by atomic mass is 10.1. The third kappa shape index (κ3) is 2.29. The monoisotopic (exact) mass is 216 g/mol. The topological polar surface area (TPSA) is 54.4 Å². The second kappa shape index (κ2) is 4.19. The zero-order valence-electron chi connectivity index (χ0n) is 6.96. The van der Waals surface area contributed by atoms with Crippen LogP contribution in [0.5, 0.6) is 0 Å². The van der Waals surface area contributed by atoms with Crippen LogP contribution in [0.15, 0.2) is 18.2 Å². The standard InChI is InChI=1S/C9H6ClFO3/c10-9-5(2-1-3-6(9)11)7(12)4-8(13)14/h1-3H,4H2,(H,13,14). The first-order valence-corrected chi connectivity index (χ1v) is 4.09. The molecule has 0 heterocycles. The molecule has 0 aliphatic carbocycles. The third-order valence-corrected chi connectivity index (χ3v) is 1.95. The molecule has 0 aromatic heterocycles. The van der Waals surface area contributed by atoms with E-state index < -0.39 is 24.0 Å². The van der Waals surface area contributed by atoms with E-state index in [0.717, 1.165) is 6.07 Å². The molecule has 0 aliphatic rings. The van der Waals surface area contributed by atoms with Gasteiger partial charge in [0, 0.05) is 5.56 Å². The van der Waals surface area contributed by atoms with Gasteiger partial charge in [0.05, 0.1) is 5.02 Å². The summed E-state index contributed by atoms with van der Waals surface area (Å²) < 4.78 is 12.8. The summed E-state index contributed by atoms with van der Waals surface area (Å²) in [5.74, 6) is -2.71. The highest BCUT2D eigenvalue weighted by atomic mass is 35.5. The molecule has 14 heavy (non-hydrogen) atoms. The van der Waals surface area contributed by atoms with Crippen molar-refractivity contribution in [3.8, 4) is 0 Å². The van der Waals surface area contributed by atoms with Crippen molar-refractivity contribution in [3.05, 3.63) is 34.6 Å². The average Bonchev–Trinajstić information content (AvgIpc) is 2.08. The number of carboxylic acid groups (broad SMARTS) is 1. The zero-order chi connectivity index (χ0) is 10.7. The smallest absolute Gasteiger partial charge is 0.311 e. The van der Waals surface area contributed by atoms with Gasteiger partial charge >= 0.3 is 5.97 Å². The number of rotatable bonds is 3. The van der Waals surface area contributed by atoms with E-state index in [-0.39, 0.29) is 10.6 Å². The van der Waals surface area contributed by atoms with E-state index in [1.54, 1.807) is 0 Å². The Kier molecular flexibility index (Phi) is 3.19. The van der Waals surface area contributed by atoms with Gasteiger partial charge in [0.25, 0.3) is 0 Å². The molecule has 5 heteroatoms. The predicted molar refractivity (Wildman–Crippen MR) is 48.0 cm³/mol. The summed E-state index contributed by atoms with van der Waals surface area (Å²) in [4.78, 5) is 21.4. The normalized spacial score (nSPS) is 9.86. The van der Waals surface area contributed by atoms with Crippen molar-refractivity contribution in [2.45, 2.75) is 6.42 Å². The van der Waals surface area contributed by atoms with Crippen LogP contribution in [-0.2, 0) is 4.79 Å². The Morgan fingerprint density at radius 1 is 1.43 bits per heavy atom. The van der Waals surface area contributed by atoms with Gasteiger partial charge in [-0.3, -0.25) is 9.59 Å². The molecule has 0 fully saturated rings. The fraction of sp³-hybridized carbons (Fsp3) is 0.111. The average molecular weight is 217 g/mol. The molecule has 0 saturated heterocycles. The third-order valence-electron chi connectivity index (χ3n) is 1.56. The number of halogens is 2. The molecule has 0 atom stereocenters. The van der Waals surface area contributed by atoms with Crippen molar-refractivity contribution >= 4 is 23.4 Å². The fourth-order valence-electron chi connectivity index (χ4n) is 0.952. The summed E-state index contributed by atoms with van der Waals surface area (Å²) in [6, 6.07) is 3.69. The number of benzene rings is 1. The number of hydrogen-bond acceptors (Lipinski definition) is 2. The van der Waals surface area contributed by atoms with Gasteiger partial charge in [-0.2, -0.15) is 0 Å². The van der Waals surface area contributed by atoms with Crippen molar-refractivity contribution in [2.75, 3.05) is 0 Å². The Morgan fingerprint density at radius 2 is 2.07 bits per heavy atom. The molecule has 74 valence electrons. The number of carbonyl (C=O) groups excluding carboxylic acids is 1. The van der Waals surface area contributed by atoms with E-state index in [2.05, 4.69) is 0 Å². The molecule has 0 unspecified atom stereocenters. The Balaban J connectivity index is 3.01. The zero-order valence-corrected chi connectivity index (χ0v) is 7.71. The Hall–Kier alpha value is -1.42. The molecule has 0 aliphatic heterocycles. The minimum absolute atomic E-state index is 0.103. The fourth-order valence-corrected chi connectivity index (χ4v) is 1.18. The van der Waals surface area contributed by atoms with Crippen LogP contribution < -0.4 is 0 Å². The number of carbonyl (C=O) groups is 2. The Morgan fingerprint density at radius 3 is 2.64 bits per heavy atom. The van der Waals surface area contributed by atoms with Gasteiger partial charge in [0.1, 0.15) is 12.2 Å². The van der Waals surface area contributed by atoms with Crippen molar-refractivity contribution in [3.63, 3.8) is 0 Å². The molecule has 1 aromatic carbocycles. The Bertz CT molecular complexity index is 390. The van der Waals surface area contributed by atoms with Crippen LogP contribution in [0.1, 0.15) is 16.8 Å². The van der Waals surface area contributed by atoms with Gasteiger partial charge in [-0.1, -0.05) is 17.7 Å². The maximum atomic E-state index is 12.8. The van der Waals surface area contributed by atoms with Crippen molar-refractivity contribution in [2.24, 2.45) is 0 Å². The molecule has 0 amide bonds. The summed E-state index contributed by atoms with van der Waals surface area (Å²) in [6.45, 7) is 0. The number of Topliss-reactive ketones (excluding diaryl/α,β-unsaturated/α-hetero) is 1. The van der Waals surface area contributed by atoms with Crippen LogP contribution in [-0.4, -0.2) is 16.9 Å². The lowest BCUT2D eigenvalue weighted by Crippen LogP contribution is -2.07. The van der Waals surface area contributed by atoms with Crippen molar-refractivity contribution < 1.29 is 19.1 Å². The van der Waals surface area contributed by atoms with Gasteiger partial charge in [-0.05, 0) is 12.1 Å². The second-order valence-corrected chi connectivity index (χ2v) is 2.97. The SMILES string of the molecule is O=C(O)CC(=O)c1cccc(F)c1Cl. The molecule has 0 spiro atoms. The minimum Gasteiger partial charge on any atom is -0.481 e. The van der Waals surface area contributed by atoms with E-state index >= 15 is 0 Å². The quantitative estimate of drug-likeness (QED) is 0.622. The summed E-state index contributed by atoms with van der Waals surface area (Å²) in [7, 11) is 0. The number of hydrogen-bond donors (Lipinski definition) is 1. The largest absolute Gasteiger partial charge is 0.481 e. The van der Waals surface area contributed by atoms with E-state index in [4.69, 9.17) is 16.7 Å². The van der Waals surface area contributed by atoms with E-state index in [1.165, 1.54) is 12.1 Å². The highest BCUT2D eigenvalue weighted by Gasteiger charge is 2.15. The molecule has 1 rings (SSSR count). The van der Waals surface area contributed by atoms with Crippen LogP contribution in [0.3, 0.4) is 0 Å². The highest BCUT2D eigenvalue weighted by molar-refractivity contribution is 6.34. The first kappa shape index (κ1) is 10.7. The first-order valence-electron chi connectivity index (χ1n) is 3.71. The number of carboxylic acids is 1. The minimum atomic E-state index is -1.27. The van der Waals surface area contributed by atoms with Gasteiger partial charge in [-0.25, -0.2) is 4.39 Å². The van der Waals surface area contributed by atoms with Crippen LogP contribution >= 0.6 is 11.6 Å². The Labute approximate surface area is 84.1 Å². The summed E-state index contributed by atoms with van der Waals surface area (Å²) in [5.41, 5.74) is -0.103. The van der Waals surface area contributed by atoms with Crippen LogP contribution in [0, 0.1) is 5.82 Å². The van der Waals surface area contributed by atoms with Crippen molar-refractivity contribution in [1.82, 2.24) is 0 Å². The maximum absolute atomic E-state index is 12.8. The number of aliphatic carboxylic acids is 1. The summed E-state index contributed by atoms with van der Waals surface area (Å²) >= 11 is 5.48. The van der Waals surface area contributed by atoms with Crippen LogP contribution in [0.4, 0.5) is 4.39 Å². The first-order chi connectivity index (χ1) is 6.52. The molecule has 1 aromatic rings. The lowest BCUT2D eigenvalue weighted by Gasteiger charge is -2.01. The van der Waals surface area contributed by atoms with Crippen LogP contribution in [0.25, 0.3) is 0 Å². The van der Waals surface area contributed by atoms with E-state index in [9.17, 15) is 14.0 Å². The van der Waals surface area contributed by atoms with Gasteiger partial charge in [-0.15, -0.1) is 0 Å². The van der Waals surface area contributed by atoms with Crippen molar-refractivity contribution in [1.29, 1.82) is 0 Å². The molecular weight excluding hydrogens is 211 g/mol. The second-order valence-electron chi connectivity index (χ2n) is 2.60. The van der Waals surface area contributed by atoms with E-state index in [1.807, 2.05) is 0 Å². The summed E-state index contributed by atoms with van der Waals surface area (Å²) in [6.07, 6.45) is -0.691. The van der Waals surface area contributed by atoms with Crippen LogP contribution in [0.2, 0.25) is 5.02 Å². The molecule has 0 bridgehead atoms.